The first-order valence-electron chi connectivity index (χ1n) is 9.91. The van der Waals surface area contributed by atoms with Gasteiger partial charge >= 0.3 is 0 Å². The maximum absolute atomic E-state index is 13.7. The summed E-state index contributed by atoms with van der Waals surface area (Å²) in [5.74, 6) is 0.663. The van der Waals surface area contributed by atoms with E-state index in [1.54, 1.807) is 19.2 Å². The third kappa shape index (κ3) is 2.85. The monoisotopic (exact) mass is 412 g/mol. The van der Waals surface area contributed by atoms with Crippen molar-refractivity contribution in [1.29, 1.82) is 0 Å². The molecule has 5 aromatic heterocycles. The topological polar surface area (TPSA) is 97.2 Å². The van der Waals surface area contributed by atoms with E-state index in [4.69, 9.17) is 4.98 Å². The van der Waals surface area contributed by atoms with Crippen molar-refractivity contribution in [3.05, 3.63) is 60.6 Å². The van der Waals surface area contributed by atoms with Crippen LogP contribution in [0.25, 0.3) is 44.9 Å². The lowest BCUT2D eigenvalue weighted by atomic mass is 10.1. The highest BCUT2D eigenvalue weighted by molar-refractivity contribution is 5.86. The highest BCUT2D eigenvalue weighted by Crippen LogP contribution is 2.32. The number of nitrogens with zero attached hydrogens (tertiary/aromatic N) is 6. The summed E-state index contributed by atoms with van der Waals surface area (Å²) >= 11 is 0. The molecular weight excluding hydrogens is 395 g/mol. The number of rotatable bonds is 3. The van der Waals surface area contributed by atoms with Gasteiger partial charge in [0.1, 0.15) is 23.0 Å². The number of hydrogen-bond donors (Lipinski definition) is 2. The molecule has 0 saturated heterocycles. The lowest BCUT2D eigenvalue weighted by Gasteiger charge is -2.06. The van der Waals surface area contributed by atoms with E-state index in [2.05, 4.69) is 35.0 Å². The number of anilines is 1. The molecule has 0 fully saturated rings. The molecule has 31 heavy (non-hydrogen) atoms. The van der Waals surface area contributed by atoms with E-state index in [0.717, 1.165) is 52.5 Å². The zero-order valence-corrected chi connectivity index (χ0v) is 16.6. The van der Waals surface area contributed by atoms with Crippen LogP contribution in [0.15, 0.2) is 49.1 Å². The summed E-state index contributed by atoms with van der Waals surface area (Å²) < 4.78 is 15.8. The molecule has 1 aliphatic rings. The van der Waals surface area contributed by atoms with Crippen molar-refractivity contribution in [2.75, 3.05) is 11.9 Å². The molecule has 0 saturated carbocycles. The van der Waals surface area contributed by atoms with Gasteiger partial charge in [-0.05, 0) is 37.3 Å². The van der Waals surface area contributed by atoms with Crippen molar-refractivity contribution in [2.24, 2.45) is 0 Å². The Morgan fingerprint density at radius 2 is 1.90 bits per heavy atom. The van der Waals surface area contributed by atoms with E-state index in [0.29, 0.717) is 17.1 Å². The van der Waals surface area contributed by atoms with E-state index in [9.17, 15) is 4.39 Å². The molecule has 0 unspecified atom stereocenters. The van der Waals surface area contributed by atoms with E-state index in [1.165, 1.54) is 6.07 Å². The minimum Gasteiger partial charge on any atom is -0.368 e. The fraction of sp³-hybridized carbons (Fsp3) is 0.136. The smallest absolute Gasteiger partial charge is 0.144 e. The molecule has 6 rings (SSSR count). The SMILES string of the molecule is Cc1nc(-c2n[nH]cc2-c2ccc3ncc(-c4ncn5c4NCC5)cc3n2)ccc1F. The van der Waals surface area contributed by atoms with Gasteiger partial charge in [0, 0.05) is 36.6 Å². The Balaban J connectivity index is 1.45. The zero-order chi connectivity index (χ0) is 20.9. The summed E-state index contributed by atoms with van der Waals surface area (Å²) in [6.07, 6.45) is 5.43. The zero-order valence-electron chi connectivity index (χ0n) is 16.6. The molecule has 8 nitrogen and oxygen atoms in total. The number of pyridine rings is 3. The average Bonchev–Trinajstić information content (AvgIpc) is 3.52. The van der Waals surface area contributed by atoms with Gasteiger partial charge in [0.15, 0.2) is 0 Å². The van der Waals surface area contributed by atoms with Crippen molar-refractivity contribution < 1.29 is 4.39 Å². The summed E-state index contributed by atoms with van der Waals surface area (Å²) in [5.41, 5.74) is 6.37. The molecule has 0 spiro atoms. The van der Waals surface area contributed by atoms with Gasteiger partial charge in [-0.25, -0.2) is 19.3 Å². The van der Waals surface area contributed by atoms with Crippen LogP contribution in [-0.2, 0) is 6.54 Å². The molecule has 0 radical (unpaired) electrons. The van der Waals surface area contributed by atoms with Gasteiger partial charge in [-0.2, -0.15) is 5.10 Å². The number of aromatic nitrogens is 7. The predicted octanol–water partition coefficient (Wildman–Crippen LogP) is 3.82. The van der Waals surface area contributed by atoms with E-state index < -0.39 is 0 Å². The Hall–Kier alpha value is -4.14. The van der Waals surface area contributed by atoms with Gasteiger partial charge in [0.25, 0.3) is 0 Å². The van der Waals surface area contributed by atoms with Crippen LogP contribution in [0.5, 0.6) is 0 Å². The maximum atomic E-state index is 13.7. The van der Waals surface area contributed by atoms with Crippen molar-refractivity contribution in [1.82, 2.24) is 34.7 Å². The van der Waals surface area contributed by atoms with Gasteiger partial charge in [0.05, 0.1) is 34.4 Å². The molecule has 9 heteroatoms. The van der Waals surface area contributed by atoms with Gasteiger partial charge in [-0.3, -0.25) is 10.1 Å². The minimum atomic E-state index is -0.344. The normalized spacial score (nSPS) is 12.8. The fourth-order valence-corrected chi connectivity index (χ4v) is 3.89. The van der Waals surface area contributed by atoms with Gasteiger partial charge in [-0.15, -0.1) is 0 Å². The van der Waals surface area contributed by atoms with Crippen molar-refractivity contribution in [2.45, 2.75) is 13.5 Å². The molecule has 2 N–H and O–H groups in total. The van der Waals surface area contributed by atoms with Gasteiger partial charge < -0.3 is 9.88 Å². The predicted molar refractivity (Wildman–Crippen MR) is 115 cm³/mol. The molecule has 5 aromatic rings. The van der Waals surface area contributed by atoms with E-state index in [1.807, 2.05) is 30.7 Å². The van der Waals surface area contributed by atoms with Crippen LogP contribution in [0.2, 0.25) is 0 Å². The second kappa shape index (κ2) is 6.69. The molecule has 6 heterocycles. The fourth-order valence-electron chi connectivity index (χ4n) is 3.89. The van der Waals surface area contributed by atoms with E-state index in [-0.39, 0.29) is 5.82 Å². The first kappa shape index (κ1) is 17.7. The van der Waals surface area contributed by atoms with Crippen LogP contribution in [0.1, 0.15) is 5.69 Å². The van der Waals surface area contributed by atoms with Crippen LogP contribution < -0.4 is 5.32 Å². The lowest BCUT2D eigenvalue weighted by molar-refractivity contribution is 0.610. The third-order valence-electron chi connectivity index (χ3n) is 5.47. The maximum Gasteiger partial charge on any atom is 0.144 e. The summed E-state index contributed by atoms with van der Waals surface area (Å²) in [5, 5.41) is 10.6. The molecule has 0 bridgehead atoms. The first-order valence-corrected chi connectivity index (χ1v) is 9.91. The van der Waals surface area contributed by atoms with Crippen LogP contribution >= 0.6 is 0 Å². The Bertz CT molecular complexity index is 1450. The molecule has 0 atom stereocenters. The van der Waals surface area contributed by atoms with Gasteiger partial charge in [-0.1, -0.05) is 0 Å². The van der Waals surface area contributed by atoms with Crippen molar-refractivity contribution >= 4 is 16.9 Å². The standard InChI is InChI=1S/C22H17FN8/c1-12-15(23)2-3-18(28-12)21-14(10-27-30-21)16-4-5-17-19(29-16)8-13(9-25-17)20-22-24-6-7-31(22)11-26-20/h2-5,8-11,24H,6-7H2,1H3,(H,27,30). The quantitative estimate of drug-likeness (QED) is 0.468. The summed E-state index contributed by atoms with van der Waals surface area (Å²) in [6.45, 7) is 3.44. The van der Waals surface area contributed by atoms with Crippen molar-refractivity contribution in [3.8, 4) is 33.9 Å². The number of aromatic amines is 1. The number of H-pyrrole nitrogens is 1. The summed E-state index contributed by atoms with van der Waals surface area (Å²) in [6, 6.07) is 8.84. The molecule has 1 aliphatic heterocycles. The Kier molecular flexibility index (Phi) is 3.82. The number of halogens is 1. The minimum absolute atomic E-state index is 0.327. The number of nitrogens with one attached hydrogen (secondary N) is 2. The number of hydrogen-bond acceptors (Lipinski definition) is 6. The second-order valence-corrected chi connectivity index (χ2v) is 7.43. The summed E-state index contributed by atoms with van der Waals surface area (Å²) in [4.78, 5) is 18.3. The van der Waals surface area contributed by atoms with Crippen LogP contribution in [0.4, 0.5) is 10.2 Å². The molecular formula is C22H17FN8. The first-order chi connectivity index (χ1) is 15.2. The molecule has 0 aromatic carbocycles. The second-order valence-electron chi connectivity index (χ2n) is 7.43. The third-order valence-corrected chi connectivity index (χ3v) is 5.47. The van der Waals surface area contributed by atoms with Crippen LogP contribution in [0, 0.1) is 12.7 Å². The molecule has 0 amide bonds. The number of fused-ring (bicyclic) bond motifs is 2. The van der Waals surface area contributed by atoms with Crippen molar-refractivity contribution in [3.63, 3.8) is 0 Å². The van der Waals surface area contributed by atoms with Gasteiger partial charge in [0.2, 0.25) is 0 Å². The molecule has 152 valence electrons. The Labute approximate surface area is 176 Å². The largest absolute Gasteiger partial charge is 0.368 e. The number of imidazole rings is 1. The number of aryl methyl sites for hydroxylation is 1. The average molecular weight is 412 g/mol. The molecule has 0 aliphatic carbocycles. The Morgan fingerprint density at radius 1 is 1.00 bits per heavy atom. The Morgan fingerprint density at radius 3 is 2.81 bits per heavy atom. The van der Waals surface area contributed by atoms with Crippen LogP contribution in [-0.4, -0.2) is 41.2 Å². The van der Waals surface area contributed by atoms with E-state index >= 15 is 0 Å². The highest BCUT2D eigenvalue weighted by Gasteiger charge is 2.19. The lowest BCUT2D eigenvalue weighted by Crippen LogP contribution is -1.95. The van der Waals surface area contributed by atoms with Crippen LogP contribution in [0.3, 0.4) is 0 Å². The highest BCUT2D eigenvalue weighted by atomic mass is 19.1. The summed E-state index contributed by atoms with van der Waals surface area (Å²) in [7, 11) is 0.